The Morgan fingerprint density at radius 1 is 1.15 bits per heavy atom. The van der Waals surface area contributed by atoms with Crippen molar-refractivity contribution in [2.24, 2.45) is 0 Å². The molecule has 3 rings (SSSR count). The number of benzene rings is 1. The number of rotatable bonds is 8. The zero-order valence-corrected chi connectivity index (χ0v) is 16.0. The molecular weight excluding hydrogens is 366 g/mol. The largest absolute Gasteiger partial charge is 0.490 e. The number of carbonyl (C=O) groups excluding carboxylic acids is 2. The summed E-state index contributed by atoms with van der Waals surface area (Å²) in [6.45, 7) is 1.75. The Bertz CT molecular complexity index is 770. The molecule has 1 aromatic heterocycles. The second-order valence-electron chi connectivity index (χ2n) is 6.46. The Labute approximate surface area is 162 Å². The summed E-state index contributed by atoms with van der Waals surface area (Å²) < 4.78 is 10.8. The number of nitrogens with zero attached hydrogens (tertiary/aromatic N) is 1. The first-order valence-corrected chi connectivity index (χ1v) is 10.1. The van der Waals surface area contributed by atoms with Gasteiger partial charge in [0.2, 0.25) is 11.8 Å². The van der Waals surface area contributed by atoms with E-state index in [0.29, 0.717) is 23.4 Å². The standard InChI is InChI=1S/C19H23N3O4S/c1-13-10-17(22-26-13)21-19(24)12-27-11-18(23)20-14-6-8-16(9-7-14)25-15-4-2-3-5-15/h6-10,15H,2-5,11-12H2,1H3,(H,20,23)(H,21,22,24). The fourth-order valence-corrected chi connectivity index (χ4v) is 3.47. The normalized spacial score (nSPS) is 14.1. The summed E-state index contributed by atoms with van der Waals surface area (Å²) in [4.78, 5) is 23.8. The lowest BCUT2D eigenvalue weighted by Crippen LogP contribution is -2.18. The highest BCUT2D eigenvalue weighted by atomic mass is 32.2. The van der Waals surface area contributed by atoms with Gasteiger partial charge in [-0.3, -0.25) is 9.59 Å². The molecule has 0 atom stereocenters. The van der Waals surface area contributed by atoms with Crippen molar-refractivity contribution in [1.82, 2.24) is 5.16 Å². The maximum Gasteiger partial charge on any atom is 0.235 e. The van der Waals surface area contributed by atoms with Gasteiger partial charge in [-0.15, -0.1) is 11.8 Å². The number of amides is 2. The number of hydrogen-bond acceptors (Lipinski definition) is 6. The first-order chi connectivity index (χ1) is 13.1. The fourth-order valence-electron chi connectivity index (χ4n) is 2.85. The highest BCUT2D eigenvalue weighted by Gasteiger charge is 2.16. The quantitative estimate of drug-likeness (QED) is 0.716. The van der Waals surface area contributed by atoms with Crippen molar-refractivity contribution in [2.45, 2.75) is 38.7 Å². The molecule has 1 fully saturated rings. The van der Waals surface area contributed by atoms with Gasteiger partial charge >= 0.3 is 0 Å². The Morgan fingerprint density at radius 2 is 1.81 bits per heavy atom. The average Bonchev–Trinajstić information content (AvgIpc) is 3.28. The van der Waals surface area contributed by atoms with E-state index in [2.05, 4.69) is 15.8 Å². The minimum atomic E-state index is -0.227. The van der Waals surface area contributed by atoms with Crippen LogP contribution in [0.2, 0.25) is 0 Å². The van der Waals surface area contributed by atoms with Gasteiger partial charge in [0, 0.05) is 11.8 Å². The van der Waals surface area contributed by atoms with Gasteiger partial charge in [-0.1, -0.05) is 5.16 Å². The van der Waals surface area contributed by atoms with E-state index in [1.54, 1.807) is 13.0 Å². The molecule has 0 saturated heterocycles. The van der Waals surface area contributed by atoms with Crippen molar-refractivity contribution in [3.05, 3.63) is 36.1 Å². The second-order valence-corrected chi connectivity index (χ2v) is 7.45. The molecule has 27 heavy (non-hydrogen) atoms. The number of aryl methyl sites for hydroxylation is 1. The molecule has 0 aliphatic heterocycles. The smallest absolute Gasteiger partial charge is 0.235 e. The molecule has 1 saturated carbocycles. The lowest BCUT2D eigenvalue weighted by Gasteiger charge is -2.13. The number of thioether (sulfide) groups is 1. The van der Waals surface area contributed by atoms with Gasteiger partial charge < -0.3 is 19.9 Å². The summed E-state index contributed by atoms with van der Waals surface area (Å²) >= 11 is 1.23. The fraction of sp³-hybridized carbons (Fsp3) is 0.421. The summed E-state index contributed by atoms with van der Waals surface area (Å²) in [6, 6.07) is 9.02. The van der Waals surface area contributed by atoms with Crippen molar-refractivity contribution < 1.29 is 18.8 Å². The van der Waals surface area contributed by atoms with Gasteiger partial charge in [0.05, 0.1) is 17.6 Å². The molecule has 2 aromatic rings. The van der Waals surface area contributed by atoms with E-state index in [0.717, 1.165) is 18.6 Å². The third-order valence-electron chi connectivity index (χ3n) is 4.10. The van der Waals surface area contributed by atoms with E-state index in [9.17, 15) is 9.59 Å². The van der Waals surface area contributed by atoms with E-state index in [1.807, 2.05) is 24.3 Å². The van der Waals surface area contributed by atoms with Crippen LogP contribution in [0.25, 0.3) is 0 Å². The number of hydrogen-bond donors (Lipinski definition) is 2. The number of ether oxygens (including phenoxy) is 1. The van der Waals surface area contributed by atoms with E-state index >= 15 is 0 Å². The van der Waals surface area contributed by atoms with Crippen LogP contribution >= 0.6 is 11.8 Å². The van der Waals surface area contributed by atoms with Crippen LogP contribution in [0.15, 0.2) is 34.9 Å². The summed E-state index contributed by atoms with van der Waals surface area (Å²) in [6.07, 6.45) is 4.99. The predicted octanol–water partition coefficient (Wildman–Crippen LogP) is 3.61. The van der Waals surface area contributed by atoms with Crippen molar-refractivity contribution in [3.8, 4) is 5.75 Å². The van der Waals surface area contributed by atoms with Crippen molar-refractivity contribution >= 4 is 35.1 Å². The molecule has 8 heteroatoms. The van der Waals surface area contributed by atoms with Crippen molar-refractivity contribution in [1.29, 1.82) is 0 Å². The zero-order valence-electron chi connectivity index (χ0n) is 15.2. The number of aromatic nitrogens is 1. The van der Waals surface area contributed by atoms with Crippen LogP contribution in [-0.4, -0.2) is 34.6 Å². The Balaban J connectivity index is 1.35. The minimum Gasteiger partial charge on any atom is -0.490 e. The van der Waals surface area contributed by atoms with E-state index in [4.69, 9.17) is 9.26 Å². The Kier molecular flexibility index (Phi) is 6.75. The van der Waals surface area contributed by atoms with Crippen LogP contribution < -0.4 is 15.4 Å². The highest BCUT2D eigenvalue weighted by molar-refractivity contribution is 8.00. The summed E-state index contributed by atoms with van der Waals surface area (Å²) in [7, 11) is 0. The van der Waals surface area contributed by atoms with E-state index in [1.165, 1.54) is 24.6 Å². The van der Waals surface area contributed by atoms with E-state index < -0.39 is 0 Å². The summed E-state index contributed by atoms with van der Waals surface area (Å²) in [5, 5.41) is 9.12. The molecule has 0 spiro atoms. The van der Waals surface area contributed by atoms with Crippen LogP contribution in [0, 0.1) is 6.92 Å². The van der Waals surface area contributed by atoms with Gasteiger partial charge in [0.25, 0.3) is 0 Å². The molecule has 0 bridgehead atoms. The zero-order chi connectivity index (χ0) is 19.1. The third-order valence-corrected chi connectivity index (χ3v) is 5.04. The topological polar surface area (TPSA) is 93.5 Å². The highest BCUT2D eigenvalue weighted by Crippen LogP contribution is 2.25. The molecule has 0 radical (unpaired) electrons. The third kappa shape index (κ3) is 6.32. The van der Waals surface area contributed by atoms with Gasteiger partial charge in [-0.2, -0.15) is 0 Å². The minimum absolute atomic E-state index is 0.158. The summed E-state index contributed by atoms with van der Waals surface area (Å²) in [5.74, 6) is 1.79. The molecule has 1 aliphatic rings. The van der Waals surface area contributed by atoms with Crippen LogP contribution in [0.4, 0.5) is 11.5 Å². The van der Waals surface area contributed by atoms with Crippen molar-refractivity contribution in [2.75, 3.05) is 22.1 Å². The number of carbonyl (C=O) groups is 2. The summed E-state index contributed by atoms with van der Waals surface area (Å²) in [5.41, 5.74) is 0.710. The number of nitrogens with one attached hydrogen (secondary N) is 2. The lowest BCUT2D eigenvalue weighted by atomic mass is 10.2. The molecule has 144 valence electrons. The van der Waals surface area contributed by atoms with Gasteiger partial charge in [-0.25, -0.2) is 0 Å². The van der Waals surface area contributed by atoms with Crippen LogP contribution in [0.5, 0.6) is 5.75 Å². The molecule has 1 aliphatic carbocycles. The molecule has 7 nitrogen and oxygen atoms in total. The van der Waals surface area contributed by atoms with Crippen LogP contribution in [0.1, 0.15) is 31.4 Å². The molecule has 1 aromatic carbocycles. The average molecular weight is 389 g/mol. The first-order valence-electron chi connectivity index (χ1n) is 8.96. The van der Waals surface area contributed by atoms with Gasteiger partial charge in [0.1, 0.15) is 11.5 Å². The maximum absolute atomic E-state index is 12.0. The Morgan fingerprint density at radius 3 is 2.44 bits per heavy atom. The van der Waals surface area contributed by atoms with Crippen LogP contribution in [0.3, 0.4) is 0 Å². The monoisotopic (exact) mass is 389 g/mol. The lowest BCUT2D eigenvalue weighted by molar-refractivity contribution is -0.114. The van der Waals surface area contributed by atoms with Gasteiger partial charge in [-0.05, 0) is 56.9 Å². The second kappa shape index (κ2) is 9.45. The van der Waals surface area contributed by atoms with Crippen molar-refractivity contribution in [3.63, 3.8) is 0 Å². The van der Waals surface area contributed by atoms with Crippen LogP contribution in [-0.2, 0) is 9.59 Å². The molecule has 1 heterocycles. The molecule has 0 unspecified atom stereocenters. The maximum atomic E-state index is 12.0. The first kappa shape index (κ1) is 19.3. The predicted molar refractivity (Wildman–Crippen MR) is 105 cm³/mol. The molecule has 2 N–H and O–H groups in total. The molecular formula is C19H23N3O4S. The van der Waals surface area contributed by atoms with Gasteiger partial charge in [0.15, 0.2) is 5.82 Å². The number of anilines is 2. The SMILES string of the molecule is Cc1cc(NC(=O)CSCC(=O)Nc2ccc(OC3CCCC3)cc2)no1. The van der Waals surface area contributed by atoms with E-state index in [-0.39, 0.29) is 23.3 Å². The Hall–Kier alpha value is -2.48. The molecule has 2 amide bonds.